The molecule has 3 atom stereocenters. The van der Waals surface area contributed by atoms with Gasteiger partial charge in [0.25, 0.3) is 5.91 Å². The molecule has 6 rings (SSSR count). The molecule has 0 saturated carbocycles. The van der Waals surface area contributed by atoms with Crippen molar-refractivity contribution in [3.8, 4) is 0 Å². The lowest BCUT2D eigenvalue weighted by atomic mass is 9.80. The maximum Gasteiger partial charge on any atom is 0.348 e. The Morgan fingerprint density at radius 1 is 1.12 bits per heavy atom. The lowest BCUT2D eigenvalue weighted by Crippen LogP contribution is -2.67. The van der Waals surface area contributed by atoms with Gasteiger partial charge >= 0.3 is 5.97 Å². The first kappa shape index (κ1) is 22.2. The van der Waals surface area contributed by atoms with E-state index in [9.17, 15) is 14.7 Å². The number of carbonyl (C=O) groups excluding carboxylic acids is 2. The van der Waals surface area contributed by atoms with Gasteiger partial charge in [0.1, 0.15) is 12.9 Å². The van der Waals surface area contributed by atoms with Crippen molar-refractivity contribution >= 4 is 11.9 Å². The lowest BCUT2D eigenvalue weighted by molar-refractivity contribution is -0.965. The number of aromatic nitrogens is 2. The van der Waals surface area contributed by atoms with E-state index in [0.29, 0.717) is 27.7 Å². The van der Waals surface area contributed by atoms with Crippen LogP contribution >= 0.6 is 0 Å². The molecule has 3 fully saturated rings. The zero-order valence-electron chi connectivity index (χ0n) is 18.6. The zero-order valence-corrected chi connectivity index (χ0v) is 18.6. The molecular weight excluding hydrogens is 436 g/mol. The maximum absolute atomic E-state index is 13.6. The number of nitrogens with zero attached hydrogens (tertiary/aromatic N) is 3. The maximum atomic E-state index is 13.6. The van der Waals surface area contributed by atoms with E-state index in [-0.39, 0.29) is 5.92 Å². The second-order valence-electron chi connectivity index (χ2n) is 9.19. The number of primary amides is 1. The summed E-state index contributed by atoms with van der Waals surface area (Å²) in [7, 11) is 0. The van der Waals surface area contributed by atoms with Crippen LogP contribution in [-0.2, 0) is 19.9 Å². The highest BCUT2D eigenvalue weighted by atomic mass is 16.6. The van der Waals surface area contributed by atoms with Crippen molar-refractivity contribution < 1.29 is 28.3 Å². The zero-order chi connectivity index (χ0) is 23.8. The van der Waals surface area contributed by atoms with Gasteiger partial charge in [-0.05, 0) is 11.6 Å². The van der Waals surface area contributed by atoms with E-state index in [1.165, 1.54) is 18.9 Å². The molecule has 3 saturated heterocycles. The van der Waals surface area contributed by atoms with E-state index in [0.717, 1.165) is 25.9 Å². The van der Waals surface area contributed by atoms with Crippen LogP contribution < -0.4 is 5.73 Å². The molecule has 0 radical (unpaired) electrons. The number of benzene rings is 1. The number of hydrogen-bond donors (Lipinski definition) is 2. The summed E-state index contributed by atoms with van der Waals surface area (Å²) >= 11 is 0. The number of rotatable bonds is 7. The van der Waals surface area contributed by atoms with Crippen molar-refractivity contribution in [2.45, 2.75) is 30.6 Å². The number of esters is 1. The molecule has 9 heteroatoms. The van der Waals surface area contributed by atoms with Gasteiger partial charge in [-0.2, -0.15) is 0 Å². The Labute approximate surface area is 196 Å². The third-order valence-electron chi connectivity index (χ3n) is 7.36. The van der Waals surface area contributed by atoms with Crippen molar-refractivity contribution in [2.24, 2.45) is 11.7 Å². The largest absolute Gasteiger partial charge is 0.472 e. The predicted octanol–water partition coefficient (Wildman–Crippen LogP) is 1.68. The van der Waals surface area contributed by atoms with Gasteiger partial charge < -0.3 is 24.5 Å². The summed E-state index contributed by atoms with van der Waals surface area (Å²) in [5.41, 5.74) is 5.19. The summed E-state index contributed by atoms with van der Waals surface area (Å²) in [6, 6.07) is 9.59. The number of quaternary nitrogens is 1. The van der Waals surface area contributed by atoms with Gasteiger partial charge in [-0.25, -0.2) is 14.8 Å². The summed E-state index contributed by atoms with van der Waals surface area (Å²) in [4.78, 5) is 34.3. The normalized spacial score (nSPS) is 26.4. The molecule has 3 N–H and O–H groups in total. The first-order valence-corrected chi connectivity index (χ1v) is 11.4. The first-order chi connectivity index (χ1) is 16.4. The average Bonchev–Trinajstić information content (AvgIpc) is 3.41. The van der Waals surface area contributed by atoms with E-state index in [4.69, 9.17) is 14.9 Å². The second-order valence-corrected chi connectivity index (χ2v) is 9.19. The Morgan fingerprint density at radius 2 is 1.82 bits per heavy atom. The minimum Gasteiger partial charge on any atom is -0.472 e. The third-order valence-corrected chi connectivity index (χ3v) is 7.36. The Kier molecular flexibility index (Phi) is 5.66. The number of aliphatic hydroxyl groups is 1. The quantitative estimate of drug-likeness (QED) is 0.403. The monoisotopic (exact) mass is 463 g/mol. The van der Waals surface area contributed by atoms with Gasteiger partial charge in [-0.3, -0.25) is 4.79 Å². The average molecular weight is 464 g/mol. The summed E-state index contributed by atoms with van der Waals surface area (Å²) in [6.07, 6.45) is 8.49. The van der Waals surface area contributed by atoms with Crippen LogP contribution in [0.2, 0.25) is 0 Å². The highest BCUT2D eigenvalue weighted by Gasteiger charge is 2.55. The summed E-state index contributed by atoms with van der Waals surface area (Å²) < 4.78 is 11.6. The SMILES string of the molecule is NC(=O)C(c1cncnc1)[N+]12CCC(CC1)[C@@H](OC(=O)C(O)(c1ccccc1)c1ccoc1)C2. The number of piperidine rings is 3. The predicted molar refractivity (Wildman–Crippen MR) is 120 cm³/mol. The van der Waals surface area contributed by atoms with E-state index in [2.05, 4.69) is 9.97 Å². The molecule has 2 bridgehead atoms. The first-order valence-electron chi connectivity index (χ1n) is 11.4. The fourth-order valence-corrected chi connectivity index (χ4v) is 5.64. The molecule has 5 heterocycles. The van der Waals surface area contributed by atoms with Crippen molar-refractivity contribution in [2.75, 3.05) is 19.6 Å². The molecule has 2 unspecified atom stereocenters. The molecule has 2 aromatic heterocycles. The fraction of sp³-hybridized carbons (Fsp3) is 0.360. The molecule has 176 valence electrons. The van der Waals surface area contributed by atoms with E-state index in [1.54, 1.807) is 42.7 Å². The number of nitrogens with two attached hydrogens (primary N) is 1. The van der Waals surface area contributed by atoms with E-state index in [1.807, 2.05) is 6.07 Å². The lowest BCUT2D eigenvalue weighted by Gasteiger charge is -2.54. The van der Waals surface area contributed by atoms with Crippen LogP contribution in [0.5, 0.6) is 0 Å². The van der Waals surface area contributed by atoms with Crippen LogP contribution in [-0.4, -0.2) is 57.2 Å². The molecular formula is C25H27N4O5+. The third kappa shape index (κ3) is 3.66. The molecule has 0 aliphatic carbocycles. The second kappa shape index (κ2) is 8.66. The smallest absolute Gasteiger partial charge is 0.348 e. The minimum atomic E-state index is -2.01. The number of carbonyl (C=O) groups is 2. The molecule has 34 heavy (non-hydrogen) atoms. The standard InChI is InChI=1S/C25H26N4O5/c26-23(30)22(18-12-27-16-28-13-18)29-9-6-17(7-10-29)21(14-29)34-24(31)25(32,20-8-11-33-15-20)19-4-2-1-3-5-19/h1-5,8,11-13,15-17,21-22,32H,6-7,9-10,14H2,(H-,26,30)/p+1/t17?,21-,22?,25?,29?/m0/s1. The topological polar surface area (TPSA) is 129 Å². The van der Waals surface area contributed by atoms with Crippen molar-refractivity contribution in [3.05, 3.63) is 84.3 Å². The molecule has 1 amide bonds. The summed E-state index contributed by atoms with van der Waals surface area (Å²) in [6.45, 7) is 1.91. The number of ether oxygens (including phenoxy) is 1. The van der Waals surface area contributed by atoms with Gasteiger partial charge in [0.2, 0.25) is 5.60 Å². The van der Waals surface area contributed by atoms with E-state index < -0.39 is 29.6 Å². The van der Waals surface area contributed by atoms with Gasteiger partial charge in [0.05, 0.1) is 31.2 Å². The molecule has 3 aliphatic rings. The van der Waals surface area contributed by atoms with Crippen LogP contribution in [0.15, 0.2) is 72.1 Å². The summed E-state index contributed by atoms with van der Waals surface area (Å²) in [5.74, 6) is -1.08. The van der Waals surface area contributed by atoms with Crippen molar-refractivity contribution in [1.29, 1.82) is 0 Å². The van der Waals surface area contributed by atoms with Crippen LogP contribution in [0, 0.1) is 5.92 Å². The van der Waals surface area contributed by atoms with Gasteiger partial charge in [0, 0.05) is 36.7 Å². The number of furan rings is 1. The van der Waals surface area contributed by atoms with Gasteiger partial charge in [-0.15, -0.1) is 0 Å². The minimum absolute atomic E-state index is 0.147. The van der Waals surface area contributed by atoms with Crippen LogP contribution in [0.1, 0.15) is 35.6 Å². The highest BCUT2D eigenvalue weighted by Crippen LogP contribution is 2.43. The molecule has 3 aromatic rings. The number of hydrogen-bond acceptors (Lipinski definition) is 7. The Bertz CT molecular complexity index is 1150. The number of amides is 1. The number of fused-ring (bicyclic) bond motifs is 3. The highest BCUT2D eigenvalue weighted by molar-refractivity contribution is 5.85. The van der Waals surface area contributed by atoms with E-state index >= 15 is 0 Å². The fourth-order valence-electron chi connectivity index (χ4n) is 5.64. The van der Waals surface area contributed by atoms with Gasteiger partial charge in [0.15, 0.2) is 12.1 Å². The van der Waals surface area contributed by atoms with Gasteiger partial charge in [-0.1, -0.05) is 30.3 Å². The summed E-state index contributed by atoms with van der Waals surface area (Å²) in [5, 5.41) is 11.6. The Hall–Kier alpha value is -3.56. The van der Waals surface area contributed by atoms with Crippen LogP contribution in [0.4, 0.5) is 0 Å². The Morgan fingerprint density at radius 3 is 2.44 bits per heavy atom. The molecule has 1 aromatic carbocycles. The molecule has 9 nitrogen and oxygen atoms in total. The van der Waals surface area contributed by atoms with Crippen LogP contribution in [0.3, 0.4) is 0 Å². The van der Waals surface area contributed by atoms with Crippen LogP contribution in [0.25, 0.3) is 0 Å². The molecule has 0 spiro atoms. The van der Waals surface area contributed by atoms with Crippen molar-refractivity contribution in [3.63, 3.8) is 0 Å². The van der Waals surface area contributed by atoms with Crippen molar-refractivity contribution in [1.82, 2.24) is 9.97 Å². The molecule has 3 aliphatic heterocycles. The Balaban J connectivity index is 1.45.